The van der Waals surface area contributed by atoms with Crippen molar-refractivity contribution in [2.45, 2.75) is 18.6 Å². The van der Waals surface area contributed by atoms with Crippen LogP contribution in [-0.2, 0) is 0 Å². The summed E-state index contributed by atoms with van der Waals surface area (Å²) in [7, 11) is 0. The minimum Gasteiger partial charge on any atom is -0.390 e. The van der Waals surface area contributed by atoms with Crippen LogP contribution in [0.5, 0.6) is 0 Å². The number of aromatic amines is 1. The molecule has 2 unspecified atom stereocenters. The van der Waals surface area contributed by atoms with Gasteiger partial charge in [0.25, 0.3) is 0 Å². The van der Waals surface area contributed by atoms with Gasteiger partial charge in [-0.2, -0.15) is 0 Å². The van der Waals surface area contributed by atoms with E-state index in [9.17, 15) is 10.2 Å². The summed E-state index contributed by atoms with van der Waals surface area (Å²) in [6, 6.07) is 3.72. The molecule has 2 rings (SSSR count). The lowest BCUT2D eigenvalue weighted by Gasteiger charge is -2.16. The number of fused-ring (bicyclic) bond motifs is 1. The summed E-state index contributed by atoms with van der Waals surface area (Å²) in [6.07, 6.45) is 2.23. The van der Waals surface area contributed by atoms with Gasteiger partial charge < -0.3 is 15.2 Å². The number of nitrogens with zero attached hydrogens (tertiary/aromatic N) is 1. The molecule has 0 saturated carbocycles. The van der Waals surface area contributed by atoms with E-state index in [0.29, 0.717) is 17.3 Å². The Morgan fingerprint density at radius 3 is 3.00 bits per heavy atom. The van der Waals surface area contributed by atoms with Crippen LogP contribution in [0.15, 0.2) is 24.5 Å². The number of aliphatic hydroxyl groups is 2. The van der Waals surface area contributed by atoms with Crippen molar-refractivity contribution >= 4 is 27.0 Å². The number of H-pyrrole nitrogens is 1. The van der Waals surface area contributed by atoms with E-state index in [1.54, 1.807) is 12.4 Å². The van der Waals surface area contributed by atoms with Crippen LogP contribution >= 0.6 is 15.9 Å². The van der Waals surface area contributed by atoms with Crippen molar-refractivity contribution in [1.29, 1.82) is 0 Å². The van der Waals surface area contributed by atoms with Crippen LogP contribution < -0.4 is 0 Å². The highest BCUT2D eigenvalue weighted by Crippen LogP contribution is 2.21. The molecule has 5 heteroatoms. The van der Waals surface area contributed by atoms with Gasteiger partial charge in [0, 0.05) is 28.7 Å². The van der Waals surface area contributed by atoms with Gasteiger partial charge in [0.05, 0.1) is 6.10 Å². The topological polar surface area (TPSA) is 69.1 Å². The second-order valence-electron chi connectivity index (χ2n) is 3.67. The van der Waals surface area contributed by atoms with E-state index < -0.39 is 12.2 Å². The molecule has 0 fully saturated rings. The predicted molar refractivity (Wildman–Crippen MR) is 65.5 cm³/mol. The number of pyridine rings is 1. The maximum Gasteiger partial charge on any atom is 0.137 e. The Labute approximate surface area is 101 Å². The highest BCUT2D eigenvalue weighted by molar-refractivity contribution is 9.09. The van der Waals surface area contributed by atoms with Crippen LogP contribution in [0.3, 0.4) is 0 Å². The molecular weight excluding hydrogens is 272 g/mol. The lowest BCUT2D eigenvalue weighted by atomic mass is 10.0. The summed E-state index contributed by atoms with van der Waals surface area (Å²) in [4.78, 5) is 7.14. The molecule has 0 saturated heterocycles. The van der Waals surface area contributed by atoms with Crippen LogP contribution in [0.2, 0.25) is 0 Å². The van der Waals surface area contributed by atoms with Gasteiger partial charge >= 0.3 is 0 Å². The molecule has 3 N–H and O–H groups in total. The van der Waals surface area contributed by atoms with E-state index in [1.807, 2.05) is 12.1 Å². The summed E-state index contributed by atoms with van der Waals surface area (Å²) < 4.78 is 0. The molecule has 0 aliphatic rings. The smallest absolute Gasteiger partial charge is 0.137 e. The molecule has 0 bridgehead atoms. The normalized spacial score (nSPS) is 15.2. The molecule has 0 aliphatic heterocycles. The molecular formula is C11H13BrN2O2. The van der Waals surface area contributed by atoms with E-state index in [4.69, 9.17) is 0 Å². The third-order valence-corrected chi connectivity index (χ3v) is 2.99. The van der Waals surface area contributed by atoms with E-state index in [2.05, 4.69) is 25.9 Å². The maximum absolute atomic E-state index is 9.90. The maximum atomic E-state index is 9.90. The zero-order valence-corrected chi connectivity index (χ0v) is 10.2. The fraction of sp³-hybridized carbons (Fsp3) is 0.364. The highest BCUT2D eigenvalue weighted by atomic mass is 79.9. The van der Waals surface area contributed by atoms with Crippen LogP contribution in [-0.4, -0.2) is 31.6 Å². The molecule has 2 aromatic rings. The van der Waals surface area contributed by atoms with Crippen LogP contribution in [0.1, 0.15) is 18.1 Å². The number of halogens is 1. The fourth-order valence-corrected chi connectivity index (χ4v) is 2.08. The number of hydrogen-bond donors (Lipinski definition) is 3. The summed E-state index contributed by atoms with van der Waals surface area (Å²) >= 11 is 3.23. The largest absolute Gasteiger partial charge is 0.390 e. The molecule has 0 aromatic carbocycles. The van der Waals surface area contributed by atoms with Crippen molar-refractivity contribution in [2.24, 2.45) is 0 Å². The minimum absolute atomic E-state index is 0.506. The summed E-state index contributed by atoms with van der Waals surface area (Å²) in [6.45, 7) is 0. The van der Waals surface area contributed by atoms with Gasteiger partial charge in [-0.15, -0.1) is 0 Å². The average Bonchev–Trinajstić information content (AvgIpc) is 2.75. The number of alkyl halides is 1. The summed E-state index contributed by atoms with van der Waals surface area (Å²) in [5.41, 5.74) is 1.42. The second-order valence-corrected chi connectivity index (χ2v) is 4.47. The molecule has 0 spiro atoms. The monoisotopic (exact) mass is 284 g/mol. The second kappa shape index (κ2) is 4.95. The minimum atomic E-state index is -0.885. The number of rotatable bonds is 4. The van der Waals surface area contributed by atoms with E-state index in [1.165, 1.54) is 0 Å². The third-order valence-electron chi connectivity index (χ3n) is 2.53. The summed E-state index contributed by atoms with van der Waals surface area (Å²) in [5.74, 6) is 0. The van der Waals surface area contributed by atoms with Crippen molar-refractivity contribution in [3.63, 3.8) is 0 Å². The lowest BCUT2D eigenvalue weighted by Crippen LogP contribution is -2.18. The first-order valence-corrected chi connectivity index (χ1v) is 6.19. The lowest BCUT2D eigenvalue weighted by molar-refractivity contribution is 0.0172. The molecule has 16 heavy (non-hydrogen) atoms. The Balaban J connectivity index is 2.24. The number of aliphatic hydroxyl groups excluding tert-OH is 2. The van der Waals surface area contributed by atoms with Gasteiger partial charge in [-0.3, -0.25) is 0 Å². The molecule has 0 radical (unpaired) electrons. The number of nitrogens with one attached hydrogen (secondary N) is 1. The van der Waals surface area contributed by atoms with Crippen LogP contribution in [0.4, 0.5) is 0 Å². The Kier molecular flexibility index (Phi) is 3.58. The Morgan fingerprint density at radius 1 is 1.44 bits per heavy atom. The first-order chi connectivity index (χ1) is 7.72. The Hall–Kier alpha value is -0.910. The van der Waals surface area contributed by atoms with Gasteiger partial charge in [-0.05, 0) is 18.6 Å². The van der Waals surface area contributed by atoms with E-state index in [-0.39, 0.29) is 0 Å². The van der Waals surface area contributed by atoms with E-state index >= 15 is 0 Å². The Bertz CT molecular complexity index is 472. The molecule has 2 heterocycles. The van der Waals surface area contributed by atoms with Crippen molar-refractivity contribution in [3.05, 3.63) is 30.1 Å². The molecule has 86 valence electrons. The zero-order chi connectivity index (χ0) is 11.5. The van der Waals surface area contributed by atoms with Crippen LogP contribution in [0, 0.1) is 0 Å². The van der Waals surface area contributed by atoms with Crippen molar-refractivity contribution in [1.82, 2.24) is 9.97 Å². The van der Waals surface area contributed by atoms with Gasteiger partial charge in [0.1, 0.15) is 11.8 Å². The molecule has 0 aliphatic carbocycles. The van der Waals surface area contributed by atoms with Crippen molar-refractivity contribution < 1.29 is 10.2 Å². The van der Waals surface area contributed by atoms with E-state index in [0.717, 1.165) is 11.0 Å². The Morgan fingerprint density at radius 2 is 2.25 bits per heavy atom. The molecule has 0 amide bonds. The molecule has 2 aromatic heterocycles. The van der Waals surface area contributed by atoms with Crippen LogP contribution in [0.25, 0.3) is 11.0 Å². The van der Waals surface area contributed by atoms with Gasteiger partial charge in [0.15, 0.2) is 0 Å². The molecule has 4 nitrogen and oxygen atoms in total. The average molecular weight is 285 g/mol. The first kappa shape index (κ1) is 11.6. The zero-order valence-electron chi connectivity index (χ0n) is 8.60. The first-order valence-electron chi connectivity index (χ1n) is 5.07. The van der Waals surface area contributed by atoms with Crippen molar-refractivity contribution in [2.75, 3.05) is 5.33 Å². The van der Waals surface area contributed by atoms with Gasteiger partial charge in [-0.1, -0.05) is 15.9 Å². The predicted octanol–water partition coefficient (Wildman–Crippen LogP) is 1.74. The van der Waals surface area contributed by atoms with Gasteiger partial charge in [-0.25, -0.2) is 4.98 Å². The third kappa shape index (κ3) is 2.26. The molecule has 2 atom stereocenters. The fourth-order valence-electron chi connectivity index (χ4n) is 1.61. The SMILES string of the molecule is OC(CCBr)C(O)c1cnc2[nH]ccc2c1. The summed E-state index contributed by atoms with van der Waals surface area (Å²) in [5, 5.41) is 21.2. The number of aromatic nitrogens is 2. The van der Waals surface area contributed by atoms with Gasteiger partial charge in [0.2, 0.25) is 0 Å². The highest BCUT2D eigenvalue weighted by Gasteiger charge is 2.18. The van der Waals surface area contributed by atoms with Crippen molar-refractivity contribution in [3.8, 4) is 0 Å². The standard InChI is InChI=1S/C11H13BrN2O2/c12-3-1-9(15)10(16)8-5-7-2-4-13-11(7)14-6-8/h2,4-6,9-10,15-16H,1,3H2,(H,13,14). The number of hydrogen-bond acceptors (Lipinski definition) is 3. The quantitative estimate of drug-likeness (QED) is 0.749.